The monoisotopic (exact) mass is 384 g/mol. The van der Waals surface area contributed by atoms with E-state index in [-0.39, 0.29) is 33.1 Å². The topological polar surface area (TPSA) is 82.7 Å². The first-order chi connectivity index (χ1) is 12.7. The molecule has 0 spiro atoms. The van der Waals surface area contributed by atoms with Crippen molar-refractivity contribution in [2.45, 2.75) is 33.1 Å². The number of para-hydroxylation sites is 1. The maximum atomic E-state index is 12.7. The second kappa shape index (κ2) is 7.04. The number of phenols is 1. The van der Waals surface area contributed by atoms with Crippen molar-refractivity contribution in [3.8, 4) is 11.4 Å². The zero-order valence-corrected chi connectivity index (χ0v) is 16.4. The average Bonchev–Trinajstić information content (AvgIpc) is 2.90. The molecular formula is C20H21ClN4O2. The van der Waals surface area contributed by atoms with E-state index in [0.717, 1.165) is 5.56 Å². The summed E-state index contributed by atoms with van der Waals surface area (Å²) in [5.74, 6) is -0.162. The SMILES string of the molecule is Cc1[nH]n(-c2ccccc2)c(=O)c1N=Nc1cc(C(C)(C)C)cc(Cl)c1O. The van der Waals surface area contributed by atoms with Crippen LogP contribution in [0, 0.1) is 6.92 Å². The van der Waals surface area contributed by atoms with E-state index in [9.17, 15) is 9.90 Å². The Balaban J connectivity index is 2.04. The van der Waals surface area contributed by atoms with Crippen LogP contribution < -0.4 is 5.56 Å². The minimum Gasteiger partial charge on any atom is -0.504 e. The van der Waals surface area contributed by atoms with E-state index in [2.05, 4.69) is 15.3 Å². The lowest BCUT2D eigenvalue weighted by Gasteiger charge is -2.20. The fourth-order valence-corrected chi connectivity index (χ4v) is 2.83. The number of rotatable bonds is 3. The van der Waals surface area contributed by atoms with Crippen molar-refractivity contribution in [2.75, 3.05) is 0 Å². The standard InChI is InChI=1S/C20H21ClN4O2/c1-12-17(19(27)25(24-12)14-8-6-5-7-9-14)23-22-16-11-13(20(2,3)4)10-15(21)18(16)26/h5-11,24,26H,1-4H3. The fourth-order valence-electron chi connectivity index (χ4n) is 2.61. The number of phenolic OH excluding ortho intramolecular Hbond substituents is 1. The van der Waals surface area contributed by atoms with Crippen LogP contribution in [0.25, 0.3) is 5.69 Å². The zero-order chi connectivity index (χ0) is 19.8. The Kier molecular flexibility index (Phi) is 4.93. The van der Waals surface area contributed by atoms with E-state index in [0.29, 0.717) is 11.4 Å². The molecule has 0 aliphatic heterocycles. The third-order valence-corrected chi connectivity index (χ3v) is 4.51. The van der Waals surface area contributed by atoms with Crippen LogP contribution >= 0.6 is 11.6 Å². The summed E-state index contributed by atoms with van der Waals surface area (Å²) < 4.78 is 1.40. The largest absolute Gasteiger partial charge is 0.504 e. The Hall–Kier alpha value is -2.86. The van der Waals surface area contributed by atoms with Crippen molar-refractivity contribution >= 4 is 23.0 Å². The molecule has 0 amide bonds. The number of aryl methyl sites for hydroxylation is 1. The molecule has 0 aliphatic rings. The Morgan fingerprint density at radius 3 is 2.41 bits per heavy atom. The van der Waals surface area contributed by atoms with Crippen molar-refractivity contribution in [3.63, 3.8) is 0 Å². The predicted octanol–water partition coefficient (Wildman–Crippen LogP) is 5.55. The number of halogens is 1. The fraction of sp³-hybridized carbons (Fsp3) is 0.250. The molecule has 6 nitrogen and oxygen atoms in total. The molecule has 3 aromatic rings. The first-order valence-corrected chi connectivity index (χ1v) is 8.88. The van der Waals surface area contributed by atoms with Crippen molar-refractivity contribution in [2.24, 2.45) is 10.2 Å². The number of H-pyrrole nitrogens is 1. The number of aromatic hydroxyl groups is 1. The molecule has 2 N–H and O–H groups in total. The van der Waals surface area contributed by atoms with Crippen molar-refractivity contribution in [3.05, 3.63) is 69.1 Å². The summed E-state index contributed by atoms with van der Waals surface area (Å²) in [5, 5.41) is 21.6. The highest BCUT2D eigenvalue weighted by molar-refractivity contribution is 6.32. The Morgan fingerprint density at radius 2 is 1.78 bits per heavy atom. The van der Waals surface area contributed by atoms with Gasteiger partial charge in [-0.3, -0.25) is 9.89 Å². The van der Waals surface area contributed by atoms with Gasteiger partial charge in [0.2, 0.25) is 0 Å². The third kappa shape index (κ3) is 3.80. The van der Waals surface area contributed by atoms with Gasteiger partial charge >= 0.3 is 0 Å². The molecule has 27 heavy (non-hydrogen) atoms. The van der Waals surface area contributed by atoms with Crippen molar-refractivity contribution in [1.82, 2.24) is 9.78 Å². The van der Waals surface area contributed by atoms with Crippen LogP contribution in [0.15, 0.2) is 57.5 Å². The van der Waals surface area contributed by atoms with Gasteiger partial charge in [-0.05, 0) is 42.2 Å². The highest BCUT2D eigenvalue weighted by Gasteiger charge is 2.19. The number of aromatic amines is 1. The van der Waals surface area contributed by atoms with Crippen molar-refractivity contribution < 1.29 is 5.11 Å². The van der Waals surface area contributed by atoms with Gasteiger partial charge in [0.15, 0.2) is 11.4 Å². The summed E-state index contributed by atoms with van der Waals surface area (Å²) in [6.07, 6.45) is 0. The number of nitrogens with one attached hydrogen (secondary N) is 1. The van der Waals surface area contributed by atoms with Gasteiger partial charge in [0.05, 0.1) is 16.4 Å². The molecule has 0 bridgehead atoms. The minimum atomic E-state index is -0.319. The first kappa shape index (κ1) is 18.9. The lowest BCUT2D eigenvalue weighted by Crippen LogP contribution is -2.13. The van der Waals surface area contributed by atoms with Crippen LogP contribution in [0.4, 0.5) is 11.4 Å². The molecule has 0 radical (unpaired) electrons. The molecule has 3 rings (SSSR count). The van der Waals surface area contributed by atoms with Crippen LogP contribution in [-0.2, 0) is 5.41 Å². The normalized spacial score (nSPS) is 12.0. The average molecular weight is 385 g/mol. The smallest absolute Gasteiger partial charge is 0.299 e. The predicted molar refractivity (Wildman–Crippen MR) is 107 cm³/mol. The number of nitrogens with zero attached hydrogens (tertiary/aromatic N) is 3. The maximum absolute atomic E-state index is 12.7. The number of hydrogen-bond donors (Lipinski definition) is 2. The summed E-state index contributed by atoms with van der Waals surface area (Å²) in [4.78, 5) is 12.7. The molecule has 1 aromatic heterocycles. The maximum Gasteiger partial charge on any atom is 0.299 e. The minimum absolute atomic E-state index is 0.162. The van der Waals surface area contributed by atoms with E-state index in [1.165, 1.54) is 4.68 Å². The molecule has 140 valence electrons. The van der Waals surface area contributed by atoms with E-state index in [1.54, 1.807) is 19.1 Å². The Morgan fingerprint density at radius 1 is 1.11 bits per heavy atom. The number of azo groups is 1. The van der Waals surface area contributed by atoms with Crippen molar-refractivity contribution in [1.29, 1.82) is 0 Å². The van der Waals surface area contributed by atoms with Gasteiger partial charge in [0.1, 0.15) is 5.69 Å². The zero-order valence-electron chi connectivity index (χ0n) is 15.6. The lowest BCUT2D eigenvalue weighted by molar-refractivity contribution is 0.475. The van der Waals surface area contributed by atoms with Crippen LogP contribution in [0.1, 0.15) is 32.0 Å². The van der Waals surface area contributed by atoms with Gasteiger partial charge in [-0.25, -0.2) is 4.68 Å². The quantitative estimate of drug-likeness (QED) is 0.580. The first-order valence-electron chi connectivity index (χ1n) is 8.50. The van der Waals surface area contributed by atoms with Gasteiger partial charge in [-0.2, -0.15) is 0 Å². The molecule has 0 aliphatic carbocycles. The summed E-state index contributed by atoms with van der Waals surface area (Å²) in [5.41, 5.74) is 2.09. The van der Waals surface area contributed by atoms with Crippen LogP contribution in [0.3, 0.4) is 0 Å². The molecule has 7 heteroatoms. The van der Waals surface area contributed by atoms with Crippen LogP contribution in [-0.4, -0.2) is 14.9 Å². The molecule has 0 saturated heterocycles. The number of benzene rings is 2. The van der Waals surface area contributed by atoms with Gasteiger partial charge < -0.3 is 5.11 Å². The highest BCUT2D eigenvalue weighted by Crippen LogP contribution is 2.39. The van der Waals surface area contributed by atoms with Crippen LogP contribution in [0.5, 0.6) is 5.75 Å². The van der Waals surface area contributed by atoms with Gasteiger partial charge in [-0.15, -0.1) is 10.2 Å². The summed E-state index contributed by atoms with van der Waals surface area (Å²) in [7, 11) is 0. The molecule has 0 saturated carbocycles. The lowest BCUT2D eigenvalue weighted by atomic mass is 9.87. The van der Waals surface area contributed by atoms with Gasteiger partial charge in [-0.1, -0.05) is 50.6 Å². The highest BCUT2D eigenvalue weighted by atomic mass is 35.5. The van der Waals surface area contributed by atoms with E-state index in [1.807, 2.05) is 51.1 Å². The molecule has 0 fully saturated rings. The molecule has 1 heterocycles. The number of aromatic nitrogens is 2. The number of hydrogen-bond acceptors (Lipinski definition) is 4. The molecule has 0 atom stereocenters. The summed E-state index contributed by atoms with van der Waals surface area (Å²) in [6, 6.07) is 12.6. The summed E-state index contributed by atoms with van der Waals surface area (Å²) in [6.45, 7) is 7.84. The van der Waals surface area contributed by atoms with E-state index >= 15 is 0 Å². The summed E-state index contributed by atoms with van der Waals surface area (Å²) >= 11 is 6.13. The second-order valence-electron chi connectivity index (χ2n) is 7.34. The van der Waals surface area contributed by atoms with E-state index in [4.69, 9.17) is 11.6 Å². The Bertz CT molecular complexity index is 1060. The van der Waals surface area contributed by atoms with Gasteiger partial charge in [0.25, 0.3) is 5.56 Å². The second-order valence-corrected chi connectivity index (χ2v) is 7.74. The van der Waals surface area contributed by atoms with Gasteiger partial charge in [0, 0.05) is 0 Å². The Labute approximate surface area is 162 Å². The molecule has 0 unspecified atom stereocenters. The third-order valence-electron chi connectivity index (χ3n) is 4.22. The molecular weight excluding hydrogens is 364 g/mol. The molecule has 2 aromatic carbocycles. The van der Waals surface area contributed by atoms with Crippen LogP contribution in [0.2, 0.25) is 5.02 Å². The van der Waals surface area contributed by atoms with E-state index < -0.39 is 0 Å².